The highest BCUT2D eigenvalue weighted by Crippen LogP contribution is 2.45. The SMILES string of the molecule is Cl.O=C(OCc1ccccc1)N1CCN(CC2CCC3(CCNCC3)CC2)CC1. The van der Waals surface area contributed by atoms with E-state index in [2.05, 4.69) is 10.2 Å². The summed E-state index contributed by atoms with van der Waals surface area (Å²) in [6.07, 6.45) is 8.20. The average molecular weight is 422 g/mol. The van der Waals surface area contributed by atoms with E-state index in [9.17, 15) is 4.79 Å². The van der Waals surface area contributed by atoms with Crippen LogP contribution in [-0.4, -0.2) is 61.7 Å². The molecule has 4 rings (SSSR count). The van der Waals surface area contributed by atoms with Gasteiger partial charge < -0.3 is 15.0 Å². The Morgan fingerprint density at radius 2 is 1.66 bits per heavy atom. The van der Waals surface area contributed by atoms with Crippen molar-refractivity contribution in [3.8, 4) is 0 Å². The summed E-state index contributed by atoms with van der Waals surface area (Å²) >= 11 is 0. The standard InChI is InChI=1S/C23H35N3O2.ClH/c27-22(28-19-21-4-2-1-3-5-21)26-16-14-25(15-17-26)18-20-6-8-23(9-7-20)10-12-24-13-11-23;/h1-5,20,24H,6-19H2;1H. The van der Waals surface area contributed by atoms with Crippen LogP contribution in [0.3, 0.4) is 0 Å². The molecule has 3 aliphatic rings. The van der Waals surface area contributed by atoms with Gasteiger partial charge >= 0.3 is 6.09 Å². The zero-order valence-corrected chi connectivity index (χ0v) is 18.3. The number of halogens is 1. The Balaban J connectivity index is 0.00000240. The van der Waals surface area contributed by atoms with Crippen LogP contribution in [0.25, 0.3) is 0 Å². The summed E-state index contributed by atoms with van der Waals surface area (Å²) in [6, 6.07) is 9.90. The molecular weight excluding hydrogens is 386 g/mol. The molecule has 29 heavy (non-hydrogen) atoms. The van der Waals surface area contributed by atoms with E-state index in [4.69, 9.17) is 4.74 Å². The fourth-order valence-corrected chi connectivity index (χ4v) is 5.22. The first-order chi connectivity index (χ1) is 13.7. The first kappa shape index (κ1) is 22.4. The Bertz CT molecular complexity index is 618. The largest absolute Gasteiger partial charge is 0.445 e. The van der Waals surface area contributed by atoms with Gasteiger partial charge in [-0.05, 0) is 68.5 Å². The molecule has 0 radical (unpaired) electrons. The van der Waals surface area contributed by atoms with Crippen LogP contribution in [-0.2, 0) is 11.3 Å². The highest BCUT2D eigenvalue weighted by molar-refractivity contribution is 5.85. The van der Waals surface area contributed by atoms with Crippen LogP contribution < -0.4 is 5.32 Å². The first-order valence-electron chi connectivity index (χ1n) is 11.1. The molecule has 1 amide bonds. The average Bonchev–Trinajstić information content (AvgIpc) is 2.76. The van der Waals surface area contributed by atoms with Crippen LogP contribution in [0.2, 0.25) is 0 Å². The van der Waals surface area contributed by atoms with E-state index >= 15 is 0 Å². The molecule has 0 unspecified atom stereocenters. The highest BCUT2D eigenvalue weighted by atomic mass is 35.5. The van der Waals surface area contributed by atoms with E-state index in [1.807, 2.05) is 35.2 Å². The van der Waals surface area contributed by atoms with Crippen LogP contribution in [0.1, 0.15) is 44.1 Å². The normalized spacial score (nSPS) is 22.8. The van der Waals surface area contributed by atoms with Crippen molar-refractivity contribution in [3.63, 3.8) is 0 Å². The van der Waals surface area contributed by atoms with Crippen LogP contribution >= 0.6 is 12.4 Å². The summed E-state index contributed by atoms with van der Waals surface area (Å²) in [7, 11) is 0. The Hall–Kier alpha value is -1.30. The Kier molecular flexibility index (Phi) is 8.22. The third kappa shape index (κ3) is 6.09. The Morgan fingerprint density at radius 1 is 1.00 bits per heavy atom. The summed E-state index contributed by atoms with van der Waals surface area (Å²) in [4.78, 5) is 16.7. The highest BCUT2D eigenvalue weighted by Gasteiger charge is 2.36. The fourth-order valence-electron chi connectivity index (χ4n) is 5.22. The van der Waals surface area contributed by atoms with E-state index in [1.165, 1.54) is 58.2 Å². The van der Waals surface area contributed by atoms with Gasteiger partial charge in [-0.1, -0.05) is 30.3 Å². The third-order valence-corrected chi connectivity index (χ3v) is 7.18. The number of benzene rings is 1. The van der Waals surface area contributed by atoms with Crippen molar-refractivity contribution in [2.75, 3.05) is 45.8 Å². The number of amides is 1. The molecule has 1 N–H and O–H groups in total. The lowest BCUT2D eigenvalue weighted by Crippen LogP contribution is -2.50. The van der Waals surface area contributed by atoms with Gasteiger partial charge in [0.25, 0.3) is 0 Å². The van der Waals surface area contributed by atoms with Gasteiger partial charge in [0.15, 0.2) is 0 Å². The van der Waals surface area contributed by atoms with Gasteiger partial charge in [0.05, 0.1) is 0 Å². The number of hydrogen-bond donors (Lipinski definition) is 1. The molecule has 6 heteroatoms. The zero-order valence-electron chi connectivity index (χ0n) is 17.5. The van der Waals surface area contributed by atoms with Gasteiger partial charge in [-0.3, -0.25) is 4.90 Å². The first-order valence-corrected chi connectivity index (χ1v) is 11.1. The third-order valence-electron chi connectivity index (χ3n) is 7.18. The monoisotopic (exact) mass is 421 g/mol. The minimum Gasteiger partial charge on any atom is -0.445 e. The number of piperazine rings is 1. The second kappa shape index (κ2) is 10.6. The van der Waals surface area contributed by atoms with Crippen molar-refractivity contribution in [1.29, 1.82) is 0 Å². The Labute approximate surface area is 181 Å². The molecule has 5 nitrogen and oxygen atoms in total. The molecular formula is C23H36ClN3O2. The van der Waals surface area contributed by atoms with Crippen molar-refractivity contribution in [3.05, 3.63) is 35.9 Å². The molecule has 1 aromatic rings. The molecule has 2 saturated heterocycles. The predicted molar refractivity (Wildman–Crippen MR) is 118 cm³/mol. The van der Waals surface area contributed by atoms with E-state index in [0.29, 0.717) is 12.0 Å². The lowest BCUT2D eigenvalue weighted by Gasteiger charge is -2.44. The van der Waals surface area contributed by atoms with Crippen LogP contribution in [0, 0.1) is 11.3 Å². The smallest absolute Gasteiger partial charge is 0.410 e. The number of carbonyl (C=O) groups excluding carboxylic acids is 1. The number of nitrogens with one attached hydrogen (secondary N) is 1. The van der Waals surface area contributed by atoms with Crippen molar-refractivity contribution in [2.45, 2.75) is 45.1 Å². The van der Waals surface area contributed by atoms with Crippen LogP contribution in [0.4, 0.5) is 4.79 Å². The predicted octanol–water partition coefficient (Wildman–Crippen LogP) is 3.92. The van der Waals surface area contributed by atoms with Crippen molar-refractivity contribution in [1.82, 2.24) is 15.1 Å². The summed E-state index contributed by atoms with van der Waals surface area (Å²) in [5, 5.41) is 3.51. The van der Waals surface area contributed by atoms with Gasteiger partial charge in [0, 0.05) is 32.7 Å². The molecule has 2 aliphatic heterocycles. The minimum absolute atomic E-state index is 0. The number of carbonyl (C=O) groups is 1. The number of rotatable bonds is 4. The van der Waals surface area contributed by atoms with Crippen molar-refractivity contribution in [2.24, 2.45) is 11.3 Å². The van der Waals surface area contributed by atoms with Gasteiger partial charge in [-0.15, -0.1) is 12.4 Å². The number of nitrogens with zero attached hydrogens (tertiary/aromatic N) is 2. The molecule has 162 valence electrons. The summed E-state index contributed by atoms with van der Waals surface area (Å²) in [5.74, 6) is 0.845. The lowest BCUT2D eigenvalue weighted by molar-refractivity contribution is 0.0545. The molecule has 1 aliphatic carbocycles. The molecule has 0 bridgehead atoms. The van der Waals surface area contributed by atoms with Gasteiger partial charge in [-0.25, -0.2) is 4.79 Å². The van der Waals surface area contributed by atoms with Gasteiger partial charge in [-0.2, -0.15) is 0 Å². The number of ether oxygens (including phenoxy) is 1. The van der Waals surface area contributed by atoms with Crippen molar-refractivity contribution >= 4 is 18.5 Å². The summed E-state index contributed by atoms with van der Waals surface area (Å²) in [6.45, 7) is 7.53. The maximum atomic E-state index is 12.3. The number of piperidine rings is 1. The molecule has 1 aromatic carbocycles. The van der Waals surface area contributed by atoms with E-state index in [1.54, 1.807) is 0 Å². The van der Waals surface area contributed by atoms with Crippen LogP contribution in [0.15, 0.2) is 30.3 Å². The quantitative estimate of drug-likeness (QED) is 0.800. The maximum Gasteiger partial charge on any atom is 0.410 e. The summed E-state index contributed by atoms with van der Waals surface area (Å²) < 4.78 is 5.48. The van der Waals surface area contributed by atoms with Crippen molar-refractivity contribution < 1.29 is 9.53 Å². The zero-order chi connectivity index (χ0) is 19.2. The number of hydrogen-bond acceptors (Lipinski definition) is 4. The topological polar surface area (TPSA) is 44.8 Å². The molecule has 1 saturated carbocycles. The van der Waals surface area contributed by atoms with E-state index in [-0.39, 0.29) is 18.5 Å². The minimum atomic E-state index is -0.172. The molecule has 0 aromatic heterocycles. The van der Waals surface area contributed by atoms with Gasteiger partial charge in [0.2, 0.25) is 0 Å². The van der Waals surface area contributed by atoms with E-state index < -0.39 is 0 Å². The molecule has 0 atom stereocenters. The molecule has 2 heterocycles. The second-order valence-corrected chi connectivity index (χ2v) is 9.02. The molecule has 1 spiro atoms. The fraction of sp³-hybridized carbons (Fsp3) is 0.696. The van der Waals surface area contributed by atoms with Gasteiger partial charge in [0.1, 0.15) is 6.61 Å². The Morgan fingerprint density at radius 3 is 2.31 bits per heavy atom. The second-order valence-electron chi connectivity index (χ2n) is 9.02. The lowest BCUT2D eigenvalue weighted by atomic mass is 9.65. The molecule has 3 fully saturated rings. The maximum absolute atomic E-state index is 12.3. The summed E-state index contributed by atoms with van der Waals surface area (Å²) in [5.41, 5.74) is 1.70. The van der Waals surface area contributed by atoms with E-state index in [0.717, 1.165) is 37.7 Å². The van der Waals surface area contributed by atoms with Crippen LogP contribution in [0.5, 0.6) is 0 Å².